The summed E-state index contributed by atoms with van der Waals surface area (Å²) in [5.41, 5.74) is 2.54. The van der Waals surface area contributed by atoms with Crippen LogP contribution in [0.1, 0.15) is 11.1 Å². The number of nitrogens with zero attached hydrogens (tertiary/aromatic N) is 1. The molecule has 1 aromatic carbocycles. The fraction of sp³-hybridized carbons (Fsp3) is 0.154. The maximum absolute atomic E-state index is 12.9. The number of hydrogen-bond donors (Lipinski definition) is 1. The molecule has 1 heterocycles. The van der Waals surface area contributed by atoms with Gasteiger partial charge in [-0.15, -0.1) is 0 Å². The second-order valence-corrected chi connectivity index (χ2v) is 4.71. The zero-order valence-electron chi connectivity index (χ0n) is 9.67. The van der Waals surface area contributed by atoms with E-state index in [1.807, 2.05) is 13.0 Å². The molecule has 0 radical (unpaired) electrons. The van der Waals surface area contributed by atoms with E-state index in [2.05, 4.69) is 10.3 Å². The van der Waals surface area contributed by atoms with Crippen LogP contribution in [-0.2, 0) is 6.54 Å². The van der Waals surface area contributed by atoms with E-state index in [1.54, 1.807) is 12.3 Å². The first kappa shape index (κ1) is 13.1. The first-order valence-electron chi connectivity index (χ1n) is 5.36. The van der Waals surface area contributed by atoms with Crippen molar-refractivity contribution in [3.63, 3.8) is 0 Å². The van der Waals surface area contributed by atoms with E-state index in [0.717, 1.165) is 16.8 Å². The minimum atomic E-state index is -0.348. The van der Waals surface area contributed by atoms with Crippen molar-refractivity contribution < 1.29 is 4.39 Å². The van der Waals surface area contributed by atoms with Gasteiger partial charge in [0.05, 0.1) is 5.69 Å². The highest BCUT2D eigenvalue weighted by atomic mass is 35.5. The molecule has 1 aromatic heterocycles. The summed E-state index contributed by atoms with van der Waals surface area (Å²) in [6, 6.07) is 6.20. The highest BCUT2D eigenvalue weighted by Gasteiger charge is 2.05. The maximum Gasteiger partial charge on any atom is 0.152 e. The summed E-state index contributed by atoms with van der Waals surface area (Å²) in [4.78, 5) is 4.04. The lowest BCUT2D eigenvalue weighted by Crippen LogP contribution is -2.02. The molecule has 0 aliphatic carbocycles. The molecule has 94 valence electrons. The number of halogens is 3. The molecular weight excluding hydrogens is 274 g/mol. The lowest BCUT2D eigenvalue weighted by molar-refractivity contribution is 0.627. The minimum absolute atomic E-state index is 0.348. The molecule has 0 saturated heterocycles. The van der Waals surface area contributed by atoms with Crippen LogP contribution in [-0.4, -0.2) is 4.98 Å². The average molecular weight is 285 g/mol. The van der Waals surface area contributed by atoms with Crippen LogP contribution in [0.4, 0.5) is 10.1 Å². The predicted octanol–water partition coefficient (Wildman–Crippen LogP) is 4.45. The zero-order valence-corrected chi connectivity index (χ0v) is 11.2. The van der Waals surface area contributed by atoms with E-state index in [0.29, 0.717) is 16.7 Å². The predicted molar refractivity (Wildman–Crippen MR) is 72.7 cm³/mol. The van der Waals surface area contributed by atoms with Crippen molar-refractivity contribution in [3.05, 3.63) is 57.6 Å². The summed E-state index contributed by atoms with van der Waals surface area (Å²) in [5, 5.41) is 3.92. The number of benzene rings is 1. The number of aromatic nitrogens is 1. The smallest absolute Gasteiger partial charge is 0.152 e. The summed E-state index contributed by atoms with van der Waals surface area (Å²) in [5.74, 6) is -0.348. The lowest BCUT2D eigenvalue weighted by atomic mass is 10.2. The Kier molecular flexibility index (Phi) is 4.04. The molecular formula is C13H11Cl2FN2. The van der Waals surface area contributed by atoms with Crippen molar-refractivity contribution in [2.45, 2.75) is 13.5 Å². The fourth-order valence-corrected chi connectivity index (χ4v) is 1.94. The van der Waals surface area contributed by atoms with E-state index < -0.39 is 0 Å². The summed E-state index contributed by atoms with van der Waals surface area (Å²) in [7, 11) is 0. The van der Waals surface area contributed by atoms with Gasteiger partial charge in [0.15, 0.2) is 5.15 Å². The van der Waals surface area contributed by atoms with Crippen LogP contribution >= 0.6 is 23.2 Å². The Morgan fingerprint density at radius 3 is 2.78 bits per heavy atom. The van der Waals surface area contributed by atoms with Crippen LogP contribution in [0, 0.1) is 12.7 Å². The van der Waals surface area contributed by atoms with Crippen molar-refractivity contribution in [1.29, 1.82) is 0 Å². The molecule has 0 spiro atoms. The number of anilines is 1. The Morgan fingerprint density at radius 1 is 1.28 bits per heavy atom. The Bertz CT molecular complexity index is 573. The van der Waals surface area contributed by atoms with Gasteiger partial charge in [0.25, 0.3) is 0 Å². The maximum atomic E-state index is 12.9. The van der Waals surface area contributed by atoms with Crippen LogP contribution < -0.4 is 5.32 Å². The molecule has 2 aromatic rings. The van der Waals surface area contributed by atoms with Gasteiger partial charge in [0.2, 0.25) is 0 Å². The Labute approximate surface area is 115 Å². The normalized spacial score (nSPS) is 10.4. The van der Waals surface area contributed by atoms with E-state index in [4.69, 9.17) is 23.2 Å². The molecule has 0 aliphatic heterocycles. The second kappa shape index (κ2) is 5.55. The second-order valence-electron chi connectivity index (χ2n) is 3.94. The van der Waals surface area contributed by atoms with Crippen molar-refractivity contribution in [2.24, 2.45) is 0 Å². The molecule has 5 heteroatoms. The topological polar surface area (TPSA) is 24.9 Å². The summed E-state index contributed by atoms with van der Waals surface area (Å²) in [6.07, 6.45) is 1.69. The summed E-state index contributed by atoms with van der Waals surface area (Å²) < 4.78 is 12.9. The highest BCUT2D eigenvalue weighted by Crippen LogP contribution is 2.23. The van der Waals surface area contributed by atoms with E-state index >= 15 is 0 Å². The SMILES string of the molecule is Cc1cnc(Cl)c(NCc2ccc(F)cc2Cl)c1. The standard InChI is InChI=1S/C13H11Cl2FN2/c1-8-4-12(13(15)18-6-8)17-7-9-2-3-10(16)5-11(9)14/h2-6,17H,7H2,1H3. The van der Waals surface area contributed by atoms with Gasteiger partial charge >= 0.3 is 0 Å². The van der Waals surface area contributed by atoms with Crippen molar-refractivity contribution in [2.75, 3.05) is 5.32 Å². The largest absolute Gasteiger partial charge is 0.378 e. The molecule has 18 heavy (non-hydrogen) atoms. The van der Waals surface area contributed by atoms with Gasteiger partial charge in [-0.3, -0.25) is 0 Å². The zero-order chi connectivity index (χ0) is 13.1. The van der Waals surface area contributed by atoms with Crippen molar-refractivity contribution in [3.8, 4) is 0 Å². The molecule has 2 nitrogen and oxygen atoms in total. The number of pyridine rings is 1. The quantitative estimate of drug-likeness (QED) is 0.843. The van der Waals surface area contributed by atoms with Gasteiger partial charge in [-0.1, -0.05) is 29.3 Å². The molecule has 2 rings (SSSR count). The molecule has 0 atom stereocenters. The van der Waals surface area contributed by atoms with E-state index in [1.165, 1.54) is 12.1 Å². The molecule has 0 aliphatic rings. The third-order valence-corrected chi connectivity index (χ3v) is 3.11. The summed E-state index contributed by atoms with van der Waals surface area (Å²) >= 11 is 11.9. The van der Waals surface area contributed by atoms with E-state index in [9.17, 15) is 4.39 Å². The Morgan fingerprint density at radius 2 is 2.06 bits per heavy atom. The number of rotatable bonds is 3. The van der Waals surface area contributed by atoms with Crippen LogP contribution in [0.5, 0.6) is 0 Å². The number of aryl methyl sites for hydroxylation is 1. The third kappa shape index (κ3) is 3.12. The molecule has 0 fully saturated rings. The summed E-state index contributed by atoms with van der Waals surface area (Å²) in [6.45, 7) is 2.39. The van der Waals surface area contributed by atoms with Crippen molar-refractivity contribution in [1.82, 2.24) is 4.98 Å². The monoisotopic (exact) mass is 284 g/mol. The Hall–Kier alpha value is -1.32. The van der Waals surface area contributed by atoms with Gasteiger partial charge in [0.1, 0.15) is 5.82 Å². The average Bonchev–Trinajstić information content (AvgIpc) is 2.32. The van der Waals surface area contributed by atoms with Gasteiger partial charge in [0, 0.05) is 17.8 Å². The van der Waals surface area contributed by atoms with E-state index in [-0.39, 0.29) is 5.82 Å². The van der Waals surface area contributed by atoms with Gasteiger partial charge in [-0.25, -0.2) is 9.37 Å². The minimum Gasteiger partial charge on any atom is -0.378 e. The third-order valence-electron chi connectivity index (χ3n) is 2.46. The Balaban J connectivity index is 2.13. The van der Waals surface area contributed by atoms with Gasteiger partial charge in [-0.2, -0.15) is 0 Å². The number of nitrogens with one attached hydrogen (secondary N) is 1. The molecule has 0 amide bonds. The first-order valence-corrected chi connectivity index (χ1v) is 6.12. The fourth-order valence-electron chi connectivity index (χ4n) is 1.53. The molecule has 0 saturated carbocycles. The number of hydrogen-bond acceptors (Lipinski definition) is 2. The highest BCUT2D eigenvalue weighted by molar-refractivity contribution is 6.32. The van der Waals surface area contributed by atoms with Crippen molar-refractivity contribution >= 4 is 28.9 Å². The van der Waals surface area contributed by atoms with Crippen LogP contribution in [0.15, 0.2) is 30.5 Å². The molecule has 1 N–H and O–H groups in total. The molecule has 0 unspecified atom stereocenters. The van der Waals surface area contributed by atoms with Gasteiger partial charge < -0.3 is 5.32 Å². The lowest BCUT2D eigenvalue weighted by Gasteiger charge is -2.10. The molecule has 0 bridgehead atoms. The van der Waals surface area contributed by atoms with Crippen LogP contribution in [0.3, 0.4) is 0 Å². The van der Waals surface area contributed by atoms with Crippen LogP contribution in [0.25, 0.3) is 0 Å². The van der Waals surface area contributed by atoms with Gasteiger partial charge in [-0.05, 0) is 36.2 Å². The van der Waals surface area contributed by atoms with Crippen LogP contribution in [0.2, 0.25) is 10.2 Å². The first-order chi connectivity index (χ1) is 8.56.